The van der Waals surface area contributed by atoms with E-state index in [0.29, 0.717) is 79.9 Å². The number of benzene rings is 5. The van der Waals surface area contributed by atoms with Gasteiger partial charge >= 0.3 is 5.97 Å². The maximum absolute atomic E-state index is 15.5. The fraction of sp³-hybridized carbons (Fsp3) is 0.406. The van der Waals surface area contributed by atoms with Crippen LogP contribution in [0, 0.1) is 5.92 Å². The number of carboxylic acids is 1. The molecule has 5 heterocycles. The molecule has 5 aromatic carbocycles. The lowest BCUT2D eigenvalue weighted by Gasteiger charge is -2.41. The van der Waals surface area contributed by atoms with Crippen LogP contribution in [0.1, 0.15) is 107 Å². The third-order valence-electron chi connectivity index (χ3n) is 23.9. The number of aliphatic hydroxyl groups is 1. The van der Waals surface area contributed by atoms with Crippen molar-refractivity contribution >= 4 is 164 Å². The summed E-state index contributed by atoms with van der Waals surface area (Å²) in [4.78, 5) is 272. The summed E-state index contributed by atoms with van der Waals surface area (Å²) in [7, 11) is 0. The second-order valence-electron chi connectivity index (χ2n) is 35.0. The van der Waals surface area contributed by atoms with Crippen molar-refractivity contribution in [3.8, 4) is 5.75 Å². The number of imidazole rings is 1. The molecule has 10 rings (SSSR count). The molecule has 0 bridgehead atoms. The van der Waals surface area contributed by atoms with Gasteiger partial charge in [-0.2, -0.15) is 25.3 Å². The number of para-hydroxylation sites is 3. The summed E-state index contributed by atoms with van der Waals surface area (Å²) in [6, 6.07) is 12.1. The highest BCUT2D eigenvalue weighted by molar-refractivity contribution is 7.80. The Kier molecular flexibility index (Phi) is 40.0. The van der Waals surface area contributed by atoms with Crippen LogP contribution in [0.25, 0.3) is 32.7 Å². The number of nitrogens with zero attached hydrogens (tertiary/aromatic N) is 2. The average molecular weight is 2000 g/mol. The van der Waals surface area contributed by atoms with E-state index in [2.05, 4.69) is 130 Å². The average Bonchev–Trinajstić information content (AvgIpc) is 1.76. The fourth-order valence-corrected chi connectivity index (χ4v) is 16.6. The van der Waals surface area contributed by atoms with Gasteiger partial charge in [0.15, 0.2) is 0 Å². The number of aliphatic hydroxyl groups excluding tert-OH is 1. The van der Waals surface area contributed by atoms with Crippen LogP contribution in [0.15, 0.2) is 159 Å². The number of primary amides is 1. The van der Waals surface area contributed by atoms with E-state index in [1.165, 1.54) is 62.5 Å². The highest BCUT2D eigenvalue weighted by atomic mass is 32.1. The van der Waals surface area contributed by atoms with E-state index in [1.54, 1.807) is 136 Å². The zero-order chi connectivity index (χ0) is 103. The topological polar surface area (TPSA) is 680 Å². The van der Waals surface area contributed by atoms with Crippen molar-refractivity contribution in [1.29, 1.82) is 0 Å². The van der Waals surface area contributed by atoms with Crippen molar-refractivity contribution in [2.45, 2.75) is 209 Å². The van der Waals surface area contributed by atoms with Crippen molar-refractivity contribution in [2.24, 2.45) is 17.4 Å². The zero-order valence-corrected chi connectivity index (χ0v) is 80.6. The van der Waals surface area contributed by atoms with E-state index in [1.807, 2.05) is 0 Å². The highest BCUT2D eigenvalue weighted by Gasteiger charge is 2.43. The molecule has 4 aromatic heterocycles. The quantitative estimate of drug-likeness (QED) is 0.0143. The van der Waals surface area contributed by atoms with Crippen LogP contribution in [0.2, 0.25) is 0 Å². The Balaban J connectivity index is 0.869. The molecule has 758 valence electrons. The summed E-state index contributed by atoms with van der Waals surface area (Å²) in [5.41, 5.74) is 15.5. The number of carbonyl (C=O) groups excluding carboxylic acids is 17. The van der Waals surface area contributed by atoms with Crippen molar-refractivity contribution < 1.29 is 102 Å². The molecule has 16 atom stereocenters. The smallest absolute Gasteiger partial charge is 0.305 e. The number of hydrogen-bond donors (Lipinski definition) is 26. The van der Waals surface area contributed by atoms with Crippen LogP contribution in [0.5, 0.6) is 5.75 Å². The molecule has 1 fully saturated rings. The van der Waals surface area contributed by atoms with Crippen LogP contribution < -0.4 is 91.2 Å². The number of aromatic amines is 4. The first-order valence-corrected chi connectivity index (χ1v) is 47.4. The molecule has 26 N–H and O–H groups in total. The summed E-state index contributed by atoms with van der Waals surface area (Å²) < 4.78 is 0. The number of nitrogens with two attached hydrogens (primary N) is 2. The van der Waals surface area contributed by atoms with Gasteiger partial charge in [0, 0.05) is 127 Å². The predicted molar refractivity (Wildman–Crippen MR) is 526 cm³/mol. The van der Waals surface area contributed by atoms with E-state index in [0.717, 1.165) is 6.92 Å². The number of hydrogen-bond acceptors (Lipinski definition) is 24. The fourth-order valence-electron chi connectivity index (χ4n) is 16.0. The van der Waals surface area contributed by atoms with Gasteiger partial charge in [0.25, 0.3) is 0 Å². The van der Waals surface area contributed by atoms with Crippen molar-refractivity contribution in [3.63, 3.8) is 0 Å². The maximum atomic E-state index is 15.5. The van der Waals surface area contributed by atoms with Crippen molar-refractivity contribution in [2.75, 3.05) is 31.1 Å². The Bertz CT molecular complexity index is 6000. The van der Waals surface area contributed by atoms with Crippen LogP contribution in [0.3, 0.4) is 0 Å². The molecule has 0 saturated carbocycles. The molecular formula is C96H121N23O21S2. The standard InChI is InChI=1S/C96H121N23O21S2/c1-49(2)80(117-89(133)72(38-58-43-102-66-25-15-12-22-63(58)66)112-88(132)74(40-79(124)125)109-83(127)50(3)106-91(135)75(46-141)107-53(6)121)94(138)115-71(37-57-42-101-65-24-14-11-21-62(57)65)87(131)116-76(47-142)92(136)110-69(35-55-27-29-60(122)30-28-55)85(129)111-70(36-56-41-100-64-23-13-10-20-61(56)64)86(130)113-73(39-59-44-99-48-104-59)90(134)118-81(52(5)120)95(139)114-68(34-54-18-8-7-9-19-54)84(128)103-45-78(123)105-51(4)96(140)119-33-31-77(119)93(137)108-67(82(98)126)26-16-17-32-97/h7-15,18-25,27-30,41-44,48-52,67-77,80-81,100-102,120,122,141-142H,16-17,26,31-40,45-47,97H2,1-6H3,(H2,98,126)(H,99,104)(H,103,128)(H,105,123)(H,106,135)(H,107,121)(H,108,137)(H,109,127)(H,110,136)(H,111,129)(H,112,132)(H,113,130)(H,114,139)(H,115,138)(H,116,131)(H,117,133)(H,118,134)(H,124,125)/t50-,51-,52+,67+,68-,69-,70-,71-,72-,73-,74-,75-,76-,77-,80-,81-/m0/s1. The number of aromatic nitrogens is 5. The largest absolute Gasteiger partial charge is 0.508 e. The minimum absolute atomic E-state index is 0.151. The molecule has 1 aliphatic rings. The van der Waals surface area contributed by atoms with Gasteiger partial charge in [0.1, 0.15) is 96.4 Å². The predicted octanol–water partition coefficient (Wildman–Crippen LogP) is -2.14. The number of amides is 17. The molecular weight excluding hydrogens is 1880 g/mol. The summed E-state index contributed by atoms with van der Waals surface area (Å²) in [6.07, 6.45) is 4.28. The lowest BCUT2D eigenvalue weighted by molar-refractivity contribution is -0.150. The van der Waals surface area contributed by atoms with E-state index in [4.69, 9.17) is 11.5 Å². The van der Waals surface area contributed by atoms with Gasteiger partial charge < -0.3 is 131 Å². The molecule has 0 aliphatic carbocycles. The van der Waals surface area contributed by atoms with Crippen LogP contribution in [0.4, 0.5) is 0 Å². The number of thiol groups is 2. The lowest BCUT2D eigenvalue weighted by atomic mass is 9.99. The Morgan fingerprint density at radius 1 is 0.444 bits per heavy atom. The molecule has 46 heteroatoms. The van der Waals surface area contributed by atoms with Gasteiger partial charge in [0.05, 0.1) is 25.4 Å². The van der Waals surface area contributed by atoms with E-state index in [9.17, 15) is 68.1 Å². The highest BCUT2D eigenvalue weighted by Crippen LogP contribution is 2.26. The van der Waals surface area contributed by atoms with Crippen LogP contribution in [-0.2, 0) is 125 Å². The summed E-state index contributed by atoms with van der Waals surface area (Å²) in [5.74, 6) is -18.9. The van der Waals surface area contributed by atoms with Crippen molar-refractivity contribution in [3.05, 3.63) is 192 Å². The van der Waals surface area contributed by atoms with Gasteiger partial charge in [-0.1, -0.05) is 111 Å². The second-order valence-corrected chi connectivity index (χ2v) is 35.7. The van der Waals surface area contributed by atoms with Gasteiger partial charge in [0.2, 0.25) is 100 Å². The Hall–Kier alpha value is -15.2. The number of phenols is 1. The molecule has 0 spiro atoms. The number of unbranched alkanes of at least 4 members (excludes halogenated alkanes) is 1. The number of phenolic OH excluding ortho intramolecular Hbond substituents is 1. The molecule has 0 radical (unpaired) electrons. The van der Waals surface area contributed by atoms with E-state index < -0.39 is 234 Å². The van der Waals surface area contributed by atoms with Crippen LogP contribution in [-0.4, -0.2) is 279 Å². The third kappa shape index (κ3) is 30.9. The number of aliphatic carboxylic acids is 1. The van der Waals surface area contributed by atoms with Gasteiger partial charge in [-0.15, -0.1) is 0 Å². The number of H-pyrrole nitrogens is 4. The zero-order valence-electron chi connectivity index (χ0n) is 78.8. The molecule has 17 amide bonds. The molecule has 1 aliphatic heterocycles. The number of aromatic hydroxyl groups is 1. The summed E-state index contributed by atoms with van der Waals surface area (Å²) in [6.45, 7) is 7.84. The SMILES string of the molecule is CC(=O)N[C@@H](CS)C(=O)N[C@@H](C)C(=O)N[C@@H](CC(=O)O)C(=O)N[C@@H](Cc1c[nH]c2ccccc12)C(=O)N[C@H](C(=O)N[C@@H](Cc1c[nH]c2ccccc12)C(=O)N[C@@H](CS)C(=O)N[C@@H](Cc1ccc(O)cc1)C(=O)N[C@@H](Cc1c[nH]c2ccccc12)C(=O)N[C@@H](Cc1cnc[nH]1)C(=O)N[C@H](C(=O)N[C@@H](Cc1ccccc1)C(=O)NCC(=O)N[C@@H](C)C(=O)N1CC[C@H]1C(=O)N[C@H](CCCCN)C(N)=O)[C@@H](C)O)C(C)C. The monoisotopic (exact) mass is 2000 g/mol. The molecule has 0 unspecified atom stereocenters. The minimum atomic E-state index is -1.90. The number of likely N-dealkylation sites (tertiary alicyclic amines) is 1. The van der Waals surface area contributed by atoms with Crippen LogP contribution >= 0.6 is 25.3 Å². The molecule has 142 heavy (non-hydrogen) atoms. The van der Waals surface area contributed by atoms with Gasteiger partial charge in [-0.25, -0.2) is 4.98 Å². The first kappa shape index (κ1) is 109. The first-order chi connectivity index (χ1) is 67.8. The van der Waals surface area contributed by atoms with Crippen molar-refractivity contribution in [1.82, 2.24) is 110 Å². The molecule has 1 saturated heterocycles. The molecule has 9 aromatic rings. The first-order valence-electron chi connectivity index (χ1n) is 46.1. The Labute approximate surface area is 826 Å². The second kappa shape index (κ2) is 52.2. The lowest BCUT2D eigenvalue weighted by Crippen LogP contribution is -2.63. The van der Waals surface area contributed by atoms with Gasteiger partial charge in [-0.05, 0) is 117 Å². The Morgan fingerprint density at radius 2 is 0.866 bits per heavy atom. The molecule has 44 nitrogen and oxygen atoms in total. The van der Waals surface area contributed by atoms with Gasteiger partial charge in [-0.3, -0.25) is 86.3 Å². The third-order valence-corrected chi connectivity index (χ3v) is 24.6. The number of fused-ring (bicyclic) bond motifs is 3. The summed E-state index contributed by atoms with van der Waals surface area (Å²) >= 11 is 8.61. The number of carbonyl (C=O) groups is 18. The number of carboxylic acid groups (broad SMARTS) is 1. The Morgan fingerprint density at radius 3 is 1.32 bits per heavy atom. The minimum Gasteiger partial charge on any atom is -0.508 e. The maximum Gasteiger partial charge on any atom is 0.305 e. The normalized spacial score (nSPS) is 15.5. The summed E-state index contributed by atoms with van der Waals surface area (Å²) in [5, 5.41) is 72.4. The van der Waals surface area contributed by atoms with E-state index in [-0.39, 0.29) is 68.7 Å². The van der Waals surface area contributed by atoms with E-state index >= 15 is 33.6 Å². The number of nitrogens with one attached hydrogen (secondary N) is 19. The number of rotatable bonds is 53.